The largest absolute Gasteiger partial charge is 0.337 e. The summed E-state index contributed by atoms with van der Waals surface area (Å²) >= 11 is 4.79. The van der Waals surface area contributed by atoms with Crippen molar-refractivity contribution in [1.29, 1.82) is 0 Å². The molecule has 0 unspecified atom stereocenters. The van der Waals surface area contributed by atoms with E-state index in [1.165, 1.54) is 11.5 Å². The van der Waals surface area contributed by atoms with Gasteiger partial charge in [0.15, 0.2) is 5.82 Å². The van der Waals surface area contributed by atoms with Gasteiger partial charge in [0.2, 0.25) is 0 Å². The first-order chi connectivity index (χ1) is 7.74. The van der Waals surface area contributed by atoms with Gasteiger partial charge in [0.25, 0.3) is 0 Å². The highest BCUT2D eigenvalue weighted by Crippen LogP contribution is 2.26. The molecule has 3 aromatic rings. The molecule has 0 saturated heterocycles. The van der Waals surface area contributed by atoms with Crippen LogP contribution in [0.25, 0.3) is 21.7 Å². The molecular formula is C10H7BrN4S. The molecule has 2 aromatic heterocycles. The van der Waals surface area contributed by atoms with E-state index < -0.39 is 0 Å². The van der Waals surface area contributed by atoms with Crippen LogP contribution >= 0.6 is 27.5 Å². The monoisotopic (exact) mass is 294 g/mol. The molecule has 80 valence electrons. The maximum Gasteiger partial charge on any atom is 0.152 e. The number of benzene rings is 1. The number of aryl methyl sites for hydroxylation is 1. The van der Waals surface area contributed by atoms with Gasteiger partial charge in [-0.05, 0) is 36.7 Å². The highest BCUT2D eigenvalue weighted by molar-refractivity contribution is 9.10. The van der Waals surface area contributed by atoms with Gasteiger partial charge in [-0.2, -0.15) is 0 Å². The van der Waals surface area contributed by atoms with Crippen LogP contribution in [0.3, 0.4) is 0 Å². The summed E-state index contributed by atoms with van der Waals surface area (Å²) in [5.41, 5.74) is 2.87. The van der Waals surface area contributed by atoms with E-state index in [1.54, 1.807) is 0 Å². The number of nitrogens with one attached hydrogen (secondary N) is 1. The van der Waals surface area contributed by atoms with Gasteiger partial charge in [-0.25, -0.2) is 4.98 Å². The summed E-state index contributed by atoms with van der Waals surface area (Å²) < 4.78 is 4.94. The van der Waals surface area contributed by atoms with Crippen LogP contribution < -0.4 is 0 Å². The first-order valence-corrected chi connectivity index (χ1v) is 6.25. The minimum atomic E-state index is 0.834. The van der Waals surface area contributed by atoms with Crippen LogP contribution in [0.1, 0.15) is 5.69 Å². The van der Waals surface area contributed by atoms with Gasteiger partial charge in [-0.15, -0.1) is 5.10 Å². The van der Waals surface area contributed by atoms with Gasteiger partial charge < -0.3 is 4.98 Å². The van der Waals surface area contributed by atoms with Crippen molar-refractivity contribution in [1.82, 2.24) is 19.6 Å². The Kier molecular flexibility index (Phi) is 2.26. The molecule has 0 amide bonds. The zero-order chi connectivity index (χ0) is 11.1. The molecule has 0 saturated carbocycles. The molecule has 4 nitrogen and oxygen atoms in total. The number of fused-ring (bicyclic) bond motifs is 1. The SMILES string of the molecule is Cc1nnsc1-c1nc2ccc(Br)cc2[nH]1. The van der Waals surface area contributed by atoms with Crippen molar-refractivity contribution >= 4 is 38.5 Å². The Labute approximate surface area is 104 Å². The predicted molar refractivity (Wildman–Crippen MR) is 67.4 cm³/mol. The molecule has 16 heavy (non-hydrogen) atoms. The Morgan fingerprint density at radius 3 is 3.00 bits per heavy atom. The van der Waals surface area contributed by atoms with E-state index in [9.17, 15) is 0 Å². The molecule has 2 heterocycles. The maximum absolute atomic E-state index is 4.51. The second-order valence-corrected chi connectivity index (χ2v) is 5.10. The average molecular weight is 295 g/mol. The van der Waals surface area contributed by atoms with E-state index in [-0.39, 0.29) is 0 Å². The predicted octanol–water partition coefficient (Wildman–Crippen LogP) is 3.15. The van der Waals surface area contributed by atoms with Crippen molar-refractivity contribution in [2.24, 2.45) is 0 Å². The number of halogens is 1. The summed E-state index contributed by atoms with van der Waals surface area (Å²) in [5.74, 6) is 0.834. The highest BCUT2D eigenvalue weighted by Gasteiger charge is 2.11. The van der Waals surface area contributed by atoms with E-state index in [0.29, 0.717) is 0 Å². The van der Waals surface area contributed by atoms with Crippen molar-refractivity contribution in [3.8, 4) is 10.7 Å². The quantitative estimate of drug-likeness (QED) is 0.750. The topological polar surface area (TPSA) is 54.5 Å². The Hall–Kier alpha value is -1.27. The van der Waals surface area contributed by atoms with E-state index in [1.807, 2.05) is 25.1 Å². The minimum Gasteiger partial charge on any atom is -0.337 e. The molecular weight excluding hydrogens is 288 g/mol. The number of hydrogen-bond acceptors (Lipinski definition) is 4. The Balaban J connectivity index is 2.23. The Morgan fingerprint density at radius 1 is 1.38 bits per heavy atom. The van der Waals surface area contributed by atoms with E-state index >= 15 is 0 Å². The lowest BCUT2D eigenvalue weighted by atomic mass is 10.3. The van der Waals surface area contributed by atoms with Crippen LogP contribution in [0, 0.1) is 6.92 Å². The van der Waals surface area contributed by atoms with E-state index in [0.717, 1.165) is 31.9 Å². The molecule has 1 aromatic carbocycles. The van der Waals surface area contributed by atoms with Crippen molar-refractivity contribution in [2.45, 2.75) is 6.92 Å². The van der Waals surface area contributed by atoms with E-state index in [2.05, 4.69) is 35.5 Å². The number of aromatic amines is 1. The number of H-pyrrole nitrogens is 1. The van der Waals surface area contributed by atoms with Gasteiger partial charge in [0, 0.05) is 4.47 Å². The molecule has 0 radical (unpaired) electrons. The maximum atomic E-state index is 4.51. The second kappa shape index (κ2) is 3.64. The number of imidazole rings is 1. The van der Waals surface area contributed by atoms with Crippen LogP contribution in [0.15, 0.2) is 22.7 Å². The smallest absolute Gasteiger partial charge is 0.152 e. The summed E-state index contributed by atoms with van der Waals surface area (Å²) in [4.78, 5) is 8.77. The van der Waals surface area contributed by atoms with E-state index in [4.69, 9.17) is 0 Å². The minimum absolute atomic E-state index is 0.834. The summed E-state index contributed by atoms with van der Waals surface area (Å²) in [7, 11) is 0. The molecule has 3 rings (SSSR count). The van der Waals surface area contributed by atoms with Gasteiger partial charge in [0.05, 0.1) is 16.7 Å². The van der Waals surface area contributed by atoms with Gasteiger partial charge in [0.1, 0.15) is 4.88 Å². The molecule has 1 N–H and O–H groups in total. The van der Waals surface area contributed by atoms with Crippen LogP contribution in [0.2, 0.25) is 0 Å². The fourth-order valence-electron chi connectivity index (χ4n) is 1.54. The van der Waals surface area contributed by atoms with Crippen LogP contribution in [0.5, 0.6) is 0 Å². The molecule has 0 aliphatic rings. The van der Waals surface area contributed by atoms with Crippen molar-refractivity contribution < 1.29 is 0 Å². The number of aromatic nitrogens is 4. The third-order valence-electron chi connectivity index (χ3n) is 2.31. The molecule has 0 aliphatic carbocycles. The Morgan fingerprint density at radius 2 is 2.25 bits per heavy atom. The summed E-state index contributed by atoms with van der Waals surface area (Å²) in [6.45, 7) is 1.93. The standard InChI is InChI=1S/C10H7BrN4S/c1-5-9(16-15-14-5)10-12-7-3-2-6(11)4-8(7)13-10/h2-4H,1H3,(H,12,13). The summed E-state index contributed by atoms with van der Waals surface area (Å²) in [5, 5.41) is 3.98. The fourth-order valence-corrected chi connectivity index (χ4v) is 2.50. The second-order valence-electron chi connectivity index (χ2n) is 3.43. The van der Waals surface area contributed by atoms with Gasteiger partial charge in [-0.3, -0.25) is 0 Å². The number of rotatable bonds is 1. The lowest BCUT2D eigenvalue weighted by Crippen LogP contribution is -1.79. The zero-order valence-corrected chi connectivity index (χ0v) is 10.8. The normalized spacial score (nSPS) is 11.1. The third-order valence-corrected chi connectivity index (χ3v) is 3.64. The first kappa shape index (κ1) is 9.92. The zero-order valence-electron chi connectivity index (χ0n) is 8.36. The van der Waals surface area contributed by atoms with Crippen LogP contribution in [0.4, 0.5) is 0 Å². The lowest BCUT2D eigenvalue weighted by molar-refractivity contribution is 1.09. The fraction of sp³-hybridized carbons (Fsp3) is 0.100. The summed E-state index contributed by atoms with van der Waals surface area (Å²) in [6, 6.07) is 5.96. The van der Waals surface area contributed by atoms with Crippen LogP contribution in [-0.2, 0) is 0 Å². The van der Waals surface area contributed by atoms with Crippen molar-refractivity contribution in [3.05, 3.63) is 28.4 Å². The lowest BCUT2D eigenvalue weighted by Gasteiger charge is -1.88. The van der Waals surface area contributed by atoms with Gasteiger partial charge in [-0.1, -0.05) is 20.4 Å². The molecule has 0 spiro atoms. The molecule has 0 fully saturated rings. The van der Waals surface area contributed by atoms with Crippen molar-refractivity contribution in [2.75, 3.05) is 0 Å². The van der Waals surface area contributed by atoms with Crippen molar-refractivity contribution in [3.63, 3.8) is 0 Å². The molecule has 0 aliphatic heterocycles. The Bertz CT molecular complexity index is 658. The van der Waals surface area contributed by atoms with Gasteiger partial charge >= 0.3 is 0 Å². The number of hydrogen-bond donors (Lipinski definition) is 1. The molecule has 6 heteroatoms. The third kappa shape index (κ3) is 1.54. The first-order valence-electron chi connectivity index (χ1n) is 4.68. The number of nitrogens with zero attached hydrogens (tertiary/aromatic N) is 3. The highest BCUT2D eigenvalue weighted by atomic mass is 79.9. The molecule has 0 bridgehead atoms. The average Bonchev–Trinajstić information content (AvgIpc) is 2.82. The molecule has 0 atom stereocenters. The van der Waals surface area contributed by atoms with Crippen LogP contribution in [-0.4, -0.2) is 19.6 Å². The summed E-state index contributed by atoms with van der Waals surface area (Å²) in [6.07, 6.45) is 0.